The SMILES string of the molecule is Cc1ccc2oc(-c3cc(NC(=O)c4ccccc4Br)ccc3O)nc2c1. The third kappa shape index (κ3) is 3.44. The van der Waals surface area contributed by atoms with E-state index in [1.165, 1.54) is 6.07 Å². The van der Waals surface area contributed by atoms with Crippen molar-refractivity contribution >= 4 is 38.6 Å². The number of hydrogen-bond acceptors (Lipinski definition) is 4. The van der Waals surface area contributed by atoms with E-state index in [1.807, 2.05) is 31.2 Å². The first-order chi connectivity index (χ1) is 13.0. The quantitative estimate of drug-likeness (QED) is 0.426. The number of carbonyl (C=O) groups is 1. The van der Waals surface area contributed by atoms with Crippen LogP contribution in [0.2, 0.25) is 0 Å². The first-order valence-corrected chi connectivity index (χ1v) is 9.07. The Morgan fingerprint density at radius 1 is 1.11 bits per heavy atom. The first-order valence-electron chi connectivity index (χ1n) is 8.28. The van der Waals surface area contributed by atoms with Crippen molar-refractivity contribution in [2.75, 3.05) is 5.32 Å². The van der Waals surface area contributed by atoms with E-state index in [0.29, 0.717) is 38.3 Å². The maximum atomic E-state index is 12.5. The van der Waals surface area contributed by atoms with Crippen molar-refractivity contribution in [3.05, 3.63) is 76.3 Å². The largest absolute Gasteiger partial charge is 0.507 e. The van der Waals surface area contributed by atoms with E-state index in [2.05, 4.69) is 26.2 Å². The number of aromatic hydroxyl groups is 1. The maximum absolute atomic E-state index is 12.5. The number of amides is 1. The smallest absolute Gasteiger partial charge is 0.256 e. The minimum atomic E-state index is -0.257. The number of phenols is 1. The summed E-state index contributed by atoms with van der Waals surface area (Å²) >= 11 is 3.37. The van der Waals surface area contributed by atoms with Gasteiger partial charge in [-0.2, -0.15) is 0 Å². The molecule has 1 aromatic heterocycles. The van der Waals surface area contributed by atoms with Gasteiger partial charge in [-0.05, 0) is 70.9 Å². The number of benzene rings is 3. The van der Waals surface area contributed by atoms with Gasteiger partial charge in [-0.25, -0.2) is 4.98 Å². The zero-order valence-corrected chi connectivity index (χ0v) is 15.9. The molecule has 0 atom stereocenters. The van der Waals surface area contributed by atoms with Crippen molar-refractivity contribution < 1.29 is 14.3 Å². The lowest BCUT2D eigenvalue weighted by Gasteiger charge is -2.08. The highest BCUT2D eigenvalue weighted by Gasteiger charge is 2.15. The summed E-state index contributed by atoms with van der Waals surface area (Å²) in [7, 11) is 0. The average molecular weight is 423 g/mol. The summed E-state index contributed by atoms with van der Waals surface area (Å²) in [6.07, 6.45) is 0. The second-order valence-electron chi connectivity index (χ2n) is 6.16. The number of anilines is 1. The van der Waals surface area contributed by atoms with Gasteiger partial charge in [0.1, 0.15) is 11.3 Å². The molecule has 27 heavy (non-hydrogen) atoms. The molecule has 1 amide bonds. The Balaban J connectivity index is 1.68. The van der Waals surface area contributed by atoms with Crippen molar-refractivity contribution in [1.29, 1.82) is 0 Å². The van der Waals surface area contributed by atoms with Gasteiger partial charge < -0.3 is 14.8 Å². The van der Waals surface area contributed by atoms with Crippen LogP contribution in [-0.4, -0.2) is 16.0 Å². The van der Waals surface area contributed by atoms with Crippen LogP contribution in [0, 0.1) is 6.92 Å². The third-order valence-electron chi connectivity index (χ3n) is 4.15. The van der Waals surface area contributed by atoms with Crippen molar-refractivity contribution in [2.45, 2.75) is 6.92 Å². The predicted octanol–water partition coefficient (Wildman–Crippen LogP) is 5.52. The number of carbonyl (C=O) groups excluding carboxylic acids is 1. The van der Waals surface area contributed by atoms with Crippen LogP contribution in [0.15, 0.2) is 69.6 Å². The molecule has 0 aliphatic heterocycles. The van der Waals surface area contributed by atoms with Crippen LogP contribution in [0.25, 0.3) is 22.6 Å². The van der Waals surface area contributed by atoms with E-state index >= 15 is 0 Å². The van der Waals surface area contributed by atoms with E-state index in [0.717, 1.165) is 5.56 Å². The molecule has 0 aliphatic rings. The molecular weight excluding hydrogens is 408 g/mol. The number of halogens is 1. The Bertz CT molecular complexity index is 1170. The molecule has 0 spiro atoms. The van der Waals surface area contributed by atoms with Crippen LogP contribution >= 0.6 is 15.9 Å². The number of fused-ring (bicyclic) bond motifs is 1. The van der Waals surface area contributed by atoms with E-state index in [-0.39, 0.29) is 11.7 Å². The molecular formula is C21H15BrN2O3. The predicted molar refractivity (Wildman–Crippen MR) is 108 cm³/mol. The summed E-state index contributed by atoms with van der Waals surface area (Å²) in [6, 6.07) is 17.6. The van der Waals surface area contributed by atoms with Gasteiger partial charge >= 0.3 is 0 Å². The van der Waals surface area contributed by atoms with Crippen LogP contribution in [0.5, 0.6) is 5.75 Å². The van der Waals surface area contributed by atoms with Gasteiger partial charge in [-0.3, -0.25) is 4.79 Å². The lowest BCUT2D eigenvalue weighted by molar-refractivity contribution is 0.102. The fourth-order valence-corrected chi connectivity index (χ4v) is 3.25. The topological polar surface area (TPSA) is 75.4 Å². The molecule has 0 saturated heterocycles. The highest BCUT2D eigenvalue weighted by molar-refractivity contribution is 9.10. The summed E-state index contributed by atoms with van der Waals surface area (Å²) < 4.78 is 6.47. The van der Waals surface area contributed by atoms with Gasteiger partial charge in [0, 0.05) is 10.2 Å². The molecule has 0 bridgehead atoms. The van der Waals surface area contributed by atoms with Gasteiger partial charge in [-0.15, -0.1) is 0 Å². The highest BCUT2D eigenvalue weighted by atomic mass is 79.9. The van der Waals surface area contributed by atoms with E-state index in [1.54, 1.807) is 30.3 Å². The molecule has 0 unspecified atom stereocenters. The molecule has 0 fully saturated rings. The molecule has 0 radical (unpaired) electrons. The van der Waals surface area contributed by atoms with E-state index < -0.39 is 0 Å². The molecule has 1 heterocycles. The number of nitrogens with zero attached hydrogens (tertiary/aromatic N) is 1. The normalized spacial score (nSPS) is 10.9. The average Bonchev–Trinajstić information content (AvgIpc) is 3.06. The molecule has 4 rings (SSSR count). The number of rotatable bonds is 3. The number of oxazole rings is 1. The lowest BCUT2D eigenvalue weighted by atomic mass is 10.1. The number of phenolic OH excluding ortho intramolecular Hbond substituents is 1. The Hall–Kier alpha value is -3.12. The summed E-state index contributed by atoms with van der Waals surface area (Å²) in [4.78, 5) is 17.0. The Labute approximate surface area is 163 Å². The monoisotopic (exact) mass is 422 g/mol. The summed E-state index contributed by atoms with van der Waals surface area (Å²) in [5, 5.41) is 13.1. The molecule has 0 aliphatic carbocycles. The molecule has 134 valence electrons. The summed E-state index contributed by atoms with van der Waals surface area (Å²) in [6.45, 7) is 1.98. The molecule has 6 heteroatoms. The van der Waals surface area contributed by atoms with E-state index in [4.69, 9.17) is 4.42 Å². The maximum Gasteiger partial charge on any atom is 0.256 e. The molecule has 2 N–H and O–H groups in total. The molecule has 0 saturated carbocycles. The van der Waals surface area contributed by atoms with Crippen LogP contribution in [0.1, 0.15) is 15.9 Å². The number of aromatic nitrogens is 1. The molecule has 4 aromatic rings. The Morgan fingerprint density at radius 2 is 1.93 bits per heavy atom. The van der Waals surface area contributed by atoms with E-state index in [9.17, 15) is 9.90 Å². The second-order valence-corrected chi connectivity index (χ2v) is 7.01. The Kier molecular flexibility index (Phi) is 4.41. The Morgan fingerprint density at radius 3 is 2.74 bits per heavy atom. The summed E-state index contributed by atoms with van der Waals surface area (Å²) in [5.41, 5.74) is 3.88. The van der Waals surface area contributed by atoms with Gasteiger partial charge in [0.05, 0.1) is 11.1 Å². The van der Waals surface area contributed by atoms with Crippen LogP contribution < -0.4 is 5.32 Å². The van der Waals surface area contributed by atoms with Gasteiger partial charge in [0.25, 0.3) is 5.91 Å². The standard InChI is InChI=1S/C21H15BrN2O3/c1-12-6-9-19-17(10-12)24-21(27-19)15-11-13(7-8-18(15)25)23-20(26)14-4-2-3-5-16(14)22/h2-11,25H,1H3,(H,23,26). The molecule has 3 aromatic carbocycles. The fourth-order valence-electron chi connectivity index (χ4n) is 2.78. The zero-order valence-electron chi connectivity index (χ0n) is 14.4. The third-order valence-corrected chi connectivity index (χ3v) is 4.84. The van der Waals surface area contributed by atoms with Gasteiger partial charge in [0.15, 0.2) is 5.58 Å². The van der Waals surface area contributed by atoms with Crippen molar-refractivity contribution in [3.63, 3.8) is 0 Å². The van der Waals surface area contributed by atoms with Gasteiger partial charge in [0.2, 0.25) is 5.89 Å². The molecule has 5 nitrogen and oxygen atoms in total. The van der Waals surface area contributed by atoms with Crippen molar-refractivity contribution in [3.8, 4) is 17.2 Å². The fraction of sp³-hybridized carbons (Fsp3) is 0.0476. The number of aryl methyl sites for hydroxylation is 1. The number of nitrogens with one attached hydrogen (secondary N) is 1. The minimum absolute atomic E-state index is 0.0252. The van der Waals surface area contributed by atoms with Crippen LogP contribution in [0.3, 0.4) is 0 Å². The van der Waals surface area contributed by atoms with Crippen molar-refractivity contribution in [1.82, 2.24) is 4.98 Å². The number of hydrogen-bond donors (Lipinski definition) is 2. The second kappa shape index (κ2) is 6.89. The minimum Gasteiger partial charge on any atom is -0.507 e. The van der Waals surface area contributed by atoms with Crippen molar-refractivity contribution in [2.24, 2.45) is 0 Å². The van der Waals surface area contributed by atoms with Crippen LogP contribution in [-0.2, 0) is 0 Å². The van der Waals surface area contributed by atoms with Crippen LogP contribution in [0.4, 0.5) is 5.69 Å². The summed E-state index contributed by atoms with van der Waals surface area (Å²) in [5.74, 6) is 0.0644. The first kappa shape index (κ1) is 17.3. The lowest BCUT2D eigenvalue weighted by Crippen LogP contribution is -2.12. The zero-order chi connectivity index (χ0) is 19.0. The highest BCUT2D eigenvalue weighted by Crippen LogP contribution is 2.33. The van der Waals surface area contributed by atoms with Gasteiger partial charge in [-0.1, -0.05) is 18.2 Å².